The van der Waals surface area contributed by atoms with Crippen LogP contribution in [0.25, 0.3) is 6.08 Å². The Morgan fingerprint density at radius 1 is 1.34 bits per heavy atom. The van der Waals surface area contributed by atoms with E-state index < -0.39 is 11.0 Å². The van der Waals surface area contributed by atoms with Gasteiger partial charge in [-0.15, -0.1) is 11.3 Å². The number of aliphatic hydroxyl groups is 1. The van der Waals surface area contributed by atoms with E-state index in [9.17, 15) is 9.90 Å². The van der Waals surface area contributed by atoms with Crippen molar-refractivity contribution in [3.05, 3.63) is 56.2 Å². The summed E-state index contributed by atoms with van der Waals surface area (Å²) in [6, 6.07) is 8.47. The van der Waals surface area contributed by atoms with Gasteiger partial charge in [0.05, 0.1) is 17.1 Å². The molecule has 35 heavy (non-hydrogen) atoms. The smallest absolute Gasteiger partial charge is 0.246 e. The van der Waals surface area contributed by atoms with Crippen LogP contribution in [0, 0.1) is 5.92 Å². The monoisotopic (exact) mass is 554 g/mol. The van der Waals surface area contributed by atoms with Crippen LogP contribution in [0.1, 0.15) is 48.1 Å². The van der Waals surface area contributed by atoms with E-state index in [0.717, 1.165) is 53.4 Å². The van der Waals surface area contributed by atoms with Gasteiger partial charge in [-0.05, 0) is 90.7 Å². The number of likely N-dealkylation sites (tertiary alicyclic amines) is 1. The average Bonchev–Trinajstić information content (AvgIpc) is 3.45. The molecule has 7 heteroatoms. The lowest BCUT2D eigenvalue weighted by Gasteiger charge is -2.64. The van der Waals surface area contributed by atoms with E-state index in [1.165, 1.54) is 24.0 Å². The van der Waals surface area contributed by atoms with Crippen LogP contribution >= 0.6 is 27.3 Å². The van der Waals surface area contributed by atoms with Crippen LogP contribution in [0.2, 0.25) is 0 Å². The number of likely N-dealkylation sites (N-methyl/N-ethyl adjacent to an activating group) is 1. The summed E-state index contributed by atoms with van der Waals surface area (Å²) in [5.74, 6) is 1.71. The summed E-state index contributed by atoms with van der Waals surface area (Å²) in [4.78, 5) is 18.8. The predicted molar refractivity (Wildman–Crippen MR) is 141 cm³/mol. The molecule has 1 N–H and O–H groups in total. The molecule has 1 spiro atoms. The van der Waals surface area contributed by atoms with Gasteiger partial charge in [0.15, 0.2) is 0 Å². The molecule has 0 radical (unpaired) electrons. The normalized spacial score (nSPS) is 35.1. The Balaban J connectivity index is 1.24. The van der Waals surface area contributed by atoms with Crippen LogP contribution in [0.4, 0.5) is 0 Å². The number of hydrogen-bond donors (Lipinski definition) is 1. The van der Waals surface area contributed by atoms with Crippen molar-refractivity contribution in [2.75, 3.05) is 20.1 Å². The molecule has 1 aromatic carbocycles. The molecule has 0 unspecified atom stereocenters. The molecule has 3 heterocycles. The number of thiophene rings is 1. The Kier molecular flexibility index (Phi) is 5.09. The van der Waals surface area contributed by atoms with Crippen molar-refractivity contribution in [2.45, 2.75) is 67.7 Å². The van der Waals surface area contributed by atoms with Gasteiger partial charge in [0.25, 0.3) is 0 Å². The molecule has 1 amide bonds. The number of ether oxygens (including phenoxy) is 1. The lowest BCUT2D eigenvalue weighted by Crippen LogP contribution is -2.78. The second kappa shape index (κ2) is 7.91. The third kappa shape index (κ3) is 3.20. The first-order valence-corrected chi connectivity index (χ1v) is 14.5. The Morgan fingerprint density at radius 3 is 2.97 bits per heavy atom. The first-order valence-electron chi connectivity index (χ1n) is 12.8. The standard InChI is InChI=1S/C28H31BrN2O3S/c1-30(24(32)8-7-20-14-19(29)16-35-20)21-9-10-28(33)23-13-18-3-2-4-22-25(18)27(28,26(21)34-22)11-12-31(23)15-17-5-6-17/h2-4,7-8,14,16-17,21,23,26,33H,5-6,9-13,15H2,1H3/b8-7+/t21-,23-,26+,27+,28-/m1/s1. The Morgan fingerprint density at radius 2 is 2.20 bits per heavy atom. The van der Waals surface area contributed by atoms with Gasteiger partial charge in [-0.1, -0.05) is 12.1 Å². The van der Waals surface area contributed by atoms with E-state index in [1.807, 2.05) is 29.5 Å². The van der Waals surface area contributed by atoms with Gasteiger partial charge in [0.2, 0.25) is 5.91 Å². The lowest BCUT2D eigenvalue weighted by molar-refractivity contribution is -0.200. The maximum absolute atomic E-state index is 13.3. The summed E-state index contributed by atoms with van der Waals surface area (Å²) in [7, 11) is 1.90. The van der Waals surface area contributed by atoms with Crippen LogP contribution in [-0.4, -0.2) is 64.7 Å². The molecule has 2 saturated carbocycles. The molecule has 5 aliphatic rings. The number of carbonyl (C=O) groups is 1. The summed E-state index contributed by atoms with van der Waals surface area (Å²) in [5.41, 5.74) is 1.31. The topological polar surface area (TPSA) is 53.0 Å². The lowest BCUT2D eigenvalue weighted by atomic mass is 9.48. The number of rotatable bonds is 5. The molecule has 2 aromatic rings. The zero-order chi connectivity index (χ0) is 23.9. The molecule has 7 rings (SSSR count). The van der Waals surface area contributed by atoms with Gasteiger partial charge >= 0.3 is 0 Å². The van der Waals surface area contributed by atoms with Crippen molar-refractivity contribution < 1.29 is 14.6 Å². The number of nitrogens with zero attached hydrogens (tertiary/aromatic N) is 2. The molecule has 3 aliphatic carbocycles. The van der Waals surface area contributed by atoms with Crippen LogP contribution in [-0.2, 0) is 16.6 Å². The largest absolute Gasteiger partial charge is 0.487 e. The van der Waals surface area contributed by atoms with Crippen LogP contribution in [0.15, 0.2) is 40.2 Å². The van der Waals surface area contributed by atoms with Gasteiger partial charge < -0.3 is 14.7 Å². The van der Waals surface area contributed by atoms with Crippen LogP contribution in [0.3, 0.4) is 0 Å². The van der Waals surface area contributed by atoms with Crippen molar-refractivity contribution in [3.8, 4) is 5.75 Å². The summed E-state index contributed by atoms with van der Waals surface area (Å²) >= 11 is 5.09. The fourth-order valence-electron chi connectivity index (χ4n) is 7.67. The second-order valence-electron chi connectivity index (χ2n) is 11.2. The number of benzene rings is 1. The third-order valence-electron chi connectivity index (χ3n) is 9.45. The zero-order valence-corrected chi connectivity index (χ0v) is 22.4. The summed E-state index contributed by atoms with van der Waals surface area (Å²) < 4.78 is 7.75. The molecular formula is C28H31BrN2O3S. The first kappa shape index (κ1) is 22.5. The van der Waals surface area contributed by atoms with Crippen molar-refractivity contribution in [1.82, 2.24) is 9.80 Å². The van der Waals surface area contributed by atoms with Crippen LogP contribution < -0.4 is 4.74 Å². The molecule has 2 aliphatic heterocycles. The summed E-state index contributed by atoms with van der Waals surface area (Å²) in [6.07, 6.45) is 9.22. The number of halogens is 1. The second-order valence-corrected chi connectivity index (χ2v) is 13.0. The highest BCUT2D eigenvalue weighted by molar-refractivity contribution is 9.10. The summed E-state index contributed by atoms with van der Waals surface area (Å²) in [5, 5.41) is 14.6. The van der Waals surface area contributed by atoms with E-state index in [1.54, 1.807) is 17.4 Å². The highest BCUT2D eigenvalue weighted by atomic mass is 79.9. The van der Waals surface area contributed by atoms with Crippen LogP contribution in [0.5, 0.6) is 5.75 Å². The van der Waals surface area contributed by atoms with Gasteiger partial charge in [-0.25, -0.2) is 0 Å². The molecular weight excluding hydrogens is 524 g/mol. The maximum Gasteiger partial charge on any atom is 0.246 e. The molecule has 5 atom stereocenters. The summed E-state index contributed by atoms with van der Waals surface area (Å²) in [6.45, 7) is 2.10. The van der Waals surface area contributed by atoms with Gasteiger partial charge in [0.1, 0.15) is 11.9 Å². The number of piperidine rings is 1. The maximum atomic E-state index is 13.3. The van der Waals surface area contributed by atoms with Crippen molar-refractivity contribution in [2.24, 2.45) is 5.92 Å². The highest BCUT2D eigenvalue weighted by Crippen LogP contribution is 2.64. The molecule has 2 bridgehead atoms. The minimum absolute atomic E-state index is 0.0142. The quantitative estimate of drug-likeness (QED) is 0.548. The Bertz CT molecular complexity index is 1220. The minimum atomic E-state index is -0.816. The van der Waals surface area contributed by atoms with E-state index >= 15 is 0 Å². The number of carbonyl (C=O) groups excluding carboxylic acids is 1. The fraction of sp³-hybridized carbons (Fsp3) is 0.536. The van der Waals surface area contributed by atoms with Crippen molar-refractivity contribution >= 4 is 39.2 Å². The van der Waals surface area contributed by atoms with Gasteiger partial charge in [-0.3, -0.25) is 9.69 Å². The van der Waals surface area contributed by atoms with Gasteiger partial charge in [0, 0.05) is 46.0 Å². The zero-order valence-electron chi connectivity index (χ0n) is 20.0. The fourth-order valence-corrected chi connectivity index (χ4v) is 9.01. The molecule has 3 fully saturated rings. The predicted octanol–water partition coefficient (Wildman–Crippen LogP) is 4.62. The average molecular weight is 556 g/mol. The number of amides is 1. The van der Waals surface area contributed by atoms with Crippen molar-refractivity contribution in [3.63, 3.8) is 0 Å². The first-order chi connectivity index (χ1) is 16.9. The highest BCUT2D eigenvalue weighted by Gasteiger charge is 2.73. The van der Waals surface area contributed by atoms with E-state index in [2.05, 4.69) is 39.0 Å². The van der Waals surface area contributed by atoms with Gasteiger partial charge in [-0.2, -0.15) is 0 Å². The third-order valence-corrected chi connectivity index (χ3v) is 11.1. The number of hydrogen-bond acceptors (Lipinski definition) is 5. The molecule has 1 saturated heterocycles. The van der Waals surface area contributed by atoms with E-state index in [-0.39, 0.29) is 24.1 Å². The molecule has 5 nitrogen and oxygen atoms in total. The molecule has 184 valence electrons. The Hall–Kier alpha value is -1.67. The SMILES string of the molecule is CN(C(=O)/C=C/c1cc(Br)cs1)[C@@H]1CC[C@@]2(O)[C@H]3Cc4cccc5c4[C@@]2(CCN3CC2CC2)[C@H]1O5. The Labute approximate surface area is 218 Å². The van der Waals surface area contributed by atoms with Crippen molar-refractivity contribution in [1.29, 1.82) is 0 Å². The van der Waals surface area contributed by atoms with E-state index in [4.69, 9.17) is 4.74 Å². The molecule has 1 aromatic heterocycles. The minimum Gasteiger partial charge on any atom is -0.487 e. The van der Waals surface area contributed by atoms with E-state index in [0.29, 0.717) is 6.42 Å².